The highest BCUT2D eigenvalue weighted by Gasteiger charge is 2.13. The average Bonchev–Trinajstić information content (AvgIpc) is 3.23. The molecular formula is C23H23FN6O2. The highest BCUT2D eigenvalue weighted by molar-refractivity contribution is 5.96. The van der Waals surface area contributed by atoms with E-state index in [4.69, 9.17) is 4.74 Å². The van der Waals surface area contributed by atoms with Gasteiger partial charge < -0.3 is 15.4 Å². The van der Waals surface area contributed by atoms with E-state index in [1.807, 2.05) is 13.0 Å². The predicted octanol–water partition coefficient (Wildman–Crippen LogP) is 3.41. The van der Waals surface area contributed by atoms with Gasteiger partial charge in [-0.15, -0.1) is 0 Å². The lowest BCUT2D eigenvalue weighted by molar-refractivity contribution is 0.0948. The van der Waals surface area contributed by atoms with Crippen LogP contribution in [-0.4, -0.2) is 38.8 Å². The summed E-state index contributed by atoms with van der Waals surface area (Å²) in [6, 6.07) is 13.4. The van der Waals surface area contributed by atoms with Gasteiger partial charge in [0, 0.05) is 13.1 Å². The standard InChI is InChI=1S/C23H23FN6O2/c1-2-32-20-6-4-3-5-18(20)23(31)25-11-12-30-22-19(14-29-30)21(27-15-28-22)26-13-16-7-9-17(24)10-8-16/h3-10,14-15H,2,11-13H2,1H3,(H,25,31)(H,26,27,28). The summed E-state index contributed by atoms with van der Waals surface area (Å²) in [4.78, 5) is 21.2. The molecule has 0 radical (unpaired) electrons. The van der Waals surface area contributed by atoms with Crippen LogP contribution in [-0.2, 0) is 13.1 Å². The number of hydrogen-bond donors (Lipinski definition) is 2. The number of aromatic nitrogens is 4. The molecule has 0 spiro atoms. The number of amides is 1. The summed E-state index contributed by atoms with van der Waals surface area (Å²) < 4.78 is 20.3. The molecule has 4 aromatic rings. The smallest absolute Gasteiger partial charge is 0.255 e. The predicted molar refractivity (Wildman–Crippen MR) is 119 cm³/mol. The van der Waals surface area contributed by atoms with E-state index in [9.17, 15) is 9.18 Å². The number of para-hydroxylation sites is 1. The SMILES string of the molecule is CCOc1ccccc1C(=O)NCCn1ncc2c(NCc3ccc(F)cc3)ncnc21. The molecule has 2 N–H and O–H groups in total. The van der Waals surface area contributed by atoms with E-state index < -0.39 is 0 Å². The van der Waals surface area contributed by atoms with Crippen molar-refractivity contribution in [3.8, 4) is 5.75 Å². The maximum absolute atomic E-state index is 13.1. The van der Waals surface area contributed by atoms with E-state index in [1.54, 1.807) is 41.2 Å². The molecule has 0 saturated carbocycles. The van der Waals surface area contributed by atoms with Gasteiger partial charge in [-0.1, -0.05) is 24.3 Å². The lowest BCUT2D eigenvalue weighted by Gasteiger charge is -2.11. The molecule has 9 heteroatoms. The van der Waals surface area contributed by atoms with Gasteiger partial charge in [0.15, 0.2) is 5.65 Å². The largest absolute Gasteiger partial charge is 0.493 e. The second-order valence-corrected chi connectivity index (χ2v) is 6.99. The zero-order valence-corrected chi connectivity index (χ0v) is 17.6. The summed E-state index contributed by atoms with van der Waals surface area (Å²) in [6.45, 7) is 3.68. The number of nitrogens with one attached hydrogen (secondary N) is 2. The van der Waals surface area contributed by atoms with Crippen molar-refractivity contribution in [3.05, 3.63) is 78.0 Å². The molecule has 0 aliphatic carbocycles. The van der Waals surface area contributed by atoms with Crippen LogP contribution in [0.15, 0.2) is 61.1 Å². The first-order chi connectivity index (χ1) is 15.7. The Kier molecular flexibility index (Phi) is 6.54. The molecule has 4 rings (SSSR count). The Labute approximate surface area is 184 Å². The van der Waals surface area contributed by atoms with E-state index in [0.717, 1.165) is 10.9 Å². The number of anilines is 1. The monoisotopic (exact) mass is 434 g/mol. The molecule has 0 unspecified atom stereocenters. The Morgan fingerprint density at radius 1 is 1.12 bits per heavy atom. The van der Waals surface area contributed by atoms with Crippen LogP contribution in [0.25, 0.3) is 11.0 Å². The van der Waals surface area contributed by atoms with Gasteiger partial charge in [-0.3, -0.25) is 4.79 Å². The van der Waals surface area contributed by atoms with Gasteiger partial charge in [0.25, 0.3) is 5.91 Å². The van der Waals surface area contributed by atoms with Gasteiger partial charge in [-0.25, -0.2) is 19.0 Å². The zero-order chi connectivity index (χ0) is 22.3. The van der Waals surface area contributed by atoms with Crippen LogP contribution in [0.2, 0.25) is 0 Å². The van der Waals surface area contributed by atoms with Crippen LogP contribution in [0.5, 0.6) is 5.75 Å². The molecule has 2 heterocycles. The summed E-state index contributed by atoms with van der Waals surface area (Å²) in [5, 5.41) is 11.3. The molecule has 0 aliphatic rings. The minimum absolute atomic E-state index is 0.207. The second-order valence-electron chi connectivity index (χ2n) is 6.99. The van der Waals surface area contributed by atoms with Crippen molar-refractivity contribution < 1.29 is 13.9 Å². The Morgan fingerprint density at radius 2 is 1.94 bits per heavy atom. The normalized spacial score (nSPS) is 10.8. The Hall–Kier alpha value is -4.01. The first-order valence-corrected chi connectivity index (χ1v) is 10.3. The summed E-state index contributed by atoms with van der Waals surface area (Å²) in [5.41, 5.74) is 2.08. The summed E-state index contributed by atoms with van der Waals surface area (Å²) in [6.07, 6.45) is 3.15. The van der Waals surface area contributed by atoms with Gasteiger partial charge >= 0.3 is 0 Å². The van der Waals surface area contributed by atoms with Gasteiger partial charge in [0.05, 0.1) is 30.3 Å². The lowest BCUT2D eigenvalue weighted by Crippen LogP contribution is -2.28. The maximum atomic E-state index is 13.1. The van der Waals surface area contributed by atoms with Crippen LogP contribution in [0, 0.1) is 5.82 Å². The molecule has 2 aromatic heterocycles. The van der Waals surface area contributed by atoms with Crippen molar-refractivity contribution in [1.82, 2.24) is 25.1 Å². The van der Waals surface area contributed by atoms with E-state index in [2.05, 4.69) is 25.7 Å². The third kappa shape index (κ3) is 4.83. The van der Waals surface area contributed by atoms with Gasteiger partial charge in [-0.2, -0.15) is 5.10 Å². The molecule has 8 nitrogen and oxygen atoms in total. The first kappa shape index (κ1) is 21.2. The summed E-state index contributed by atoms with van der Waals surface area (Å²) in [5.74, 6) is 0.719. The van der Waals surface area contributed by atoms with Crippen LogP contribution in [0.1, 0.15) is 22.8 Å². The van der Waals surface area contributed by atoms with Crippen LogP contribution >= 0.6 is 0 Å². The number of fused-ring (bicyclic) bond motifs is 1. The summed E-state index contributed by atoms with van der Waals surface area (Å²) >= 11 is 0. The van der Waals surface area contributed by atoms with Crippen LogP contribution in [0.3, 0.4) is 0 Å². The fraction of sp³-hybridized carbons (Fsp3) is 0.217. The minimum atomic E-state index is -0.270. The molecule has 0 fully saturated rings. The molecule has 164 valence electrons. The molecule has 0 saturated heterocycles. The van der Waals surface area contributed by atoms with Crippen LogP contribution in [0.4, 0.5) is 10.2 Å². The van der Waals surface area contributed by atoms with Crippen molar-refractivity contribution in [2.24, 2.45) is 0 Å². The number of carbonyl (C=O) groups is 1. The van der Waals surface area contributed by atoms with Gasteiger partial charge in [0.1, 0.15) is 23.7 Å². The van der Waals surface area contributed by atoms with Gasteiger partial charge in [0.2, 0.25) is 0 Å². The summed E-state index contributed by atoms with van der Waals surface area (Å²) in [7, 11) is 0. The van der Waals surface area contributed by atoms with E-state index in [-0.39, 0.29) is 11.7 Å². The molecule has 0 bridgehead atoms. The van der Waals surface area contributed by atoms with Crippen molar-refractivity contribution in [2.45, 2.75) is 20.0 Å². The maximum Gasteiger partial charge on any atom is 0.255 e. The average molecular weight is 434 g/mol. The fourth-order valence-corrected chi connectivity index (χ4v) is 3.29. The number of carbonyl (C=O) groups excluding carboxylic acids is 1. The zero-order valence-electron chi connectivity index (χ0n) is 17.6. The Balaban J connectivity index is 1.39. The molecule has 32 heavy (non-hydrogen) atoms. The molecule has 0 atom stereocenters. The minimum Gasteiger partial charge on any atom is -0.493 e. The number of rotatable bonds is 9. The van der Waals surface area contributed by atoms with E-state index in [0.29, 0.717) is 49.0 Å². The molecule has 2 aromatic carbocycles. The van der Waals surface area contributed by atoms with Crippen molar-refractivity contribution in [3.63, 3.8) is 0 Å². The third-order valence-corrected chi connectivity index (χ3v) is 4.85. The Morgan fingerprint density at radius 3 is 2.75 bits per heavy atom. The van der Waals surface area contributed by atoms with Gasteiger partial charge in [-0.05, 0) is 36.8 Å². The fourth-order valence-electron chi connectivity index (χ4n) is 3.29. The highest BCUT2D eigenvalue weighted by Crippen LogP contribution is 2.20. The van der Waals surface area contributed by atoms with E-state index >= 15 is 0 Å². The van der Waals surface area contributed by atoms with Crippen molar-refractivity contribution in [2.75, 3.05) is 18.5 Å². The van der Waals surface area contributed by atoms with Crippen molar-refractivity contribution >= 4 is 22.8 Å². The molecule has 1 amide bonds. The number of halogens is 1. The van der Waals surface area contributed by atoms with E-state index in [1.165, 1.54) is 18.5 Å². The second kappa shape index (κ2) is 9.86. The number of benzene rings is 2. The quantitative estimate of drug-likeness (QED) is 0.419. The lowest BCUT2D eigenvalue weighted by atomic mass is 10.2. The first-order valence-electron chi connectivity index (χ1n) is 10.3. The number of ether oxygens (including phenoxy) is 1. The molecule has 0 aliphatic heterocycles. The number of hydrogen-bond acceptors (Lipinski definition) is 6. The topological polar surface area (TPSA) is 94.0 Å². The van der Waals surface area contributed by atoms with Crippen LogP contribution < -0.4 is 15.4 Å². The Bertz CT molecular complexity index is 1210. The highest BCUT2D eigenvalue weighted by atomic mass is 19.1. The number of nitrogens with zero attached hydrogens (tertiary/aromatic N) is 4. The molecular weight excluding hydrogens is 411 g/mol. The van der Waals surface area contributed by atoms with Crippen molar-refractivity contribution in [1.29, 1.82) is 0 Å². The third-order valence-electron chi connectivity index (χ3n) is 4.85.